The third-order valence-corrected chi connectivity index (χ3v) is 15.1. The molecule has 1 atom stereocenters. The minimum Gasteiger partial charge on any atom is -0.462 e. The highest BCUT2D eigenvalue weighted by Gasteiger charge is 2.19. The molecule has 0 aromatic heterocycles. The van der Waals surface area contributed by atoms with E-state index < -0.39 is 6.10 Å². The molecular formula is C74H130O6. The van der Waals surface area contributed by atoms with Gasteiger partial charge in [-0.2, -0.15) is 0 Å². The maximum Gasteiger partial charge on any atom is 0.306 e. The van der Waals surface area contributed by atoms with Crippen LogP contribution in [0.5, 0.6) is 0 Å². The van der Waals surface area contributed by atoms with Crippen LogP contribution in [-0.2, 0) is 28.6 Å². The quantitative estimate of drug-likeness (QED) is 0.0261. The summed E-state index contributed by atoms with van der Waals surface area (Å²) in [6, 6.07) is 0. The van der Waals surface area contributed by atoms with Crippen LogP contribution in [0.15, 0.2) is 85.1 Å². The lowest BCUT2D eigenvalue weighted by Gasteiger charge is -2.18. The van der Waals surface area contributed by atoms with Crippen molar-refractivity contribution in [3.63, 3.8) is 0 Å². The third kappa shape index (κ3) is 65.4. The van der Waals surface area contributed by atoms with Crippen molar-refractivity contribution >= 4 is 17.9 Å². The highest BCUT2D eigenvalue weighted by Crippen LogP contribution is 2.17. The molecular weight excluding hydrogens is 985 g/mol. The number of esters is 3. The molecule has 6 heteroatoms. The van der Waals surface area contributed by atoms with Crippen molar-refractivity contribution in [3.8, 4) is 0 Å². The predicted octanol–water partition coefficient (Wildman–Crippen LogP) is 23.8. The van der Waals surface area contributed by atoms with Gasteiger partial charge in [0.15, 0.2) is 6.10 Å². The van der Waals surface area contributed by atoms with Crippen LogP contribution in [0.2, 0.25) is 0 Å². The molecule has 0 radical (unpaired) electrons. The van der Waals surface area contributed by atoms with Crippen LogP contribution < -0.4 is 0 Å². The van der Waals surface area contributed by atoms with Gasteiger partial charge < -0.3 is 14.2 Å². The van der Waals surface area contributed by atoms with Gasteiger partial charge in [0.2, 0.25) is 0 Å². The van der Waals surface area contributed by atoms with Crippen molar-refractivity contribution in [2.75, 3.05) is 13.2 Å². The van der Waals surface area contributed by atoms with Gasteiger partial charge in [0, 0.05) is 19.3 Å². The zero-order chi connectivity index (χ0) is 57.8. The van der Waals surface area contributed by atoms with E-state index in [1.807, 2.05) is 0 Å². The molecule has 0 spiro atoms. The second-order valence-corrected chi connectivity index (χ2v) is 23.1. The standard InChI is InChI=1S/C74H130O6/c1-4-7-10-13-16-19-22-24-26-28-30-31-32-33-34-35-36-37-38-39-40-41-42-43-45-46-48-50-52-55-58-61-64-67-73(76)79-70-71(69-78-72(75)66-63-60-57-54-21-18-15-12-9-6-3)80-74(77)68-65-62-59-56-53-51-49-47-44-29-27-25-23-20-17-14-11-8-5-2/h8,11,17,20,22,24-25,27-28,30,32-33,44,47,71H,4-7,9-10,12-16,18-19,21,23,26,29,31,34-43,45-46,48-70H2,1-3H3/b11-8-,20-17-,24-22-,27-25-,30-28-,33-32-,47-44-. The molecule has 6 nitrogen and oxygen atoms in total. The number of hydrogen-bond donors (Lipinski definition) is 0. The van der Waals surface area contributed by atoms with Crippen molar-refractivity contribution in [1.82, 2.24) is 0 Å². The molecule has 0 N–H and O–H groups in total. The summed E-state index contributed by atoms with van der Waals surface area (Å²) in [5.41, 5.74) is 0. The van der Waals surface area contributed by atoms with Gasteiger partial charge in [-0.1, -0.05) is 318 Å². The van der Waals surface area contributed by atoms with Crippen molar-refractivity contribution in [3.05, 3.63) is 85.1 Å². The molecule has 0 aromatic rings. The molecule has 0 saturated heterocycles. The fraction of sp³-hybridized carbons (Fsp3) is 0.770. The van der Waals surface area contributed by atoms with E-state index in [4.69, 9.17) is 14.2 Å². The Balaban J connectivity index is 4.12. The van der Waals surface area contributed by atoms with Crippen LogP contribution in [0.3, 0.4) is 0 Å². The summed E-state index contributed by atoms with van der Waals surface area (Å²) in [5, 5.41) is 0. The number of carbonyl (C=O) groups is 3. The molecule has 0 rings (SSSR count). The maximum atomic E-state index is 12.9. The summed E-state index contributed by atoms with van der Waals surface area (Å²) in [6.07, 6.45) is 90.5. The lowest BCUT2D eigenvalue weighted by molar-refractivity contribution is -0.167. The van der Waals surface area contributed by atoms with Gasteiger partial charge in [-0.3, -0.25) is 14.4 Å². The first-order chi connectivity index (χ1) is 39.5. The number of rotatable bonds is 63. The van der Waals surface area contributed by atoms with Crippen molar-refractivity contribution in [2.24, 2.45) is 0 Å². The molecule has 0 amide bonds. The summed E-state index contributed by atoms with van der Waals surface area (Å²) in [4.78, 5) is 38.3. The first-order valence-electron chi connectivity index (χ1n) is 34.6. The zero-order valence-electron chi connectivity index (χ0n) is 53.1. The summed E-state index contributed by atoms with van der Waals surface area (Å²) in [6.45, 7) is 6.53. The van der Waals surface area contributed by atoms with Gasteiger partial charge in [-0.25, -0.2) is 0 Å². The average molecular weight is 1120 g/mol. The molecule has 0 aromatic carbocycles. The number of hydrogen-bond acceptors (Lipinski definition) is 6. The fourth-order valence-electron chi connectivity index (χ4n) is 9.97. The summed E-state index contributed by atoms with van der Waals surface area (Å²) in [7, 11) is 0. The van der Waals surface area contributed by atoms with Gasteiger partial charge >= 0.3 is 17.9 Å². The fourth-order valence-corrected chi connectivity index (χ4v) is 9.97. The molecule has 0 bridgehead atoms. The van der Waals surface area contributed by atoms with Crippen LogP contribution in [-0.4, -0.2) is 37.2 Å². The Hall–Kier alpha value is -3.41. The first-order valence-corrected chi connectivity index (χ1v) is 34.6. The molecule has 0 aliphatic heterocycles. The van der Waals surface area contributed by atoms with E-state index in [0.717, 1.165) is 109 Å². The molecule has 0 aliphatic rings. The number of ether oxygens (including phenoxy) is 3. The normalized spacial score (nSPS) is 12.6. The van der Waals surface area contributed by atoms with Gasteiger partial charge in [-0.05, 0) is 96.3 Å². The Morgan fingerprint density at radius 2 is 0.487 bits per heavy atom. The van der Waals surface area contributed by atoms with Crippen LogP contribution in [0, 0.1) is 0 Å². The molecule has 0 aliphatic carbocycles. The van der Waals surface area contributed by atoms with Gasteiger partial charge in [-0.15, -0.1) is 0 Å². The Morgan fingerprint density at radius 1 is 0.263 bits per heavy atom. The molecule has 0 fully saturated rings. The largest absolute Gasteiger partial charge is 0.462 e. The number of allylic oxidation sites excluding steroid dienone is 14. The first kappa shape index (κ1) is 76.6. The van der Waals surface area contributed by atoms with Gasteiger partial charge in [0.25, 0.3) is 0 Å². The third-order valence-electron chi connectivity index (χ3n) is 15.1. The van der Waals surface area contributed by atoms with Gasteiger partial charge in [0.05, 0.1) is 0 Å². The lowest BCUT2D eigenvalue weighted by atomic mass is 10.0. The van der Waals surface area contributed by atoms with E-state index >= 15 is 0 Å². The summed E-state index contributed by atoms with van der Waals surface area (Å²) in [5.74, 6) is -0.878. The molecule has 462 valence electrons. The Labute approximate surface area is 496 Å². The second kappa shape index (κ2) is 68.1. The van der Waals surface area contributed by atoms with Crippen molar-refractivity contribution < 1.29 is 28.6 Å². The molecule has 1 unspecified atom stereocenters. The molecule has 80 heavy (non-hydrogen) atoms. The van der Waals surface area contributed by atoms with E-state index in [1.54, 1.807) is 0 Å². The number of unbranched alkanes of at least 4 members (excludes halogenated alkanes) is 38. The second-order valence-electron chi connectivity index (χ2n) is 23.1. The number of carbonyl (C=O) groups excluding carboxylic acids is 3. The monoisotopic (exact) mass is 1110 g/mol. The average Bonchev–Trinajstić information content (AvgIpc) is 3.46. The predicted molar refractivity (Wildman–Crippen MR) is 348 cm³/mol. The Bertz CT molecular complexity index is 1520. The summed E-state index contributed by atoms with van der Waals surface area (Å²) < 4.78 is 16.9. The van der Waals surface area contributed by atoms with E-state index in [9.17, 15) is 14.4 Å². The molecule has 0 heterocycles. The van der Waals surface area contributed by atoms with E-state index in [2.05, 4.69) is 106 Å². The van der Waals surface area contributed by atoms with E-state index in [0.29, 0.717) is 19.3 Å². The molecule has 0 saturated carbocycles. The summed E-state index contributed by atoms with van der Waals surface area (Å²) >= 11 is 0. The smallest absolute Gasteiger partial charge is 0.306 e. The minimum atomic E-state index is -0.782. The Morgan fingerprint density at radius 3 is 0.762 bits per heavy atom. The van der Waals surface area contributed by atoms with Crippen molar-refractivity contribution in [1.29, 1.82) is 0 Å². The van der Waals surface area contributed by atoms with Crippen LogP contribution in [0.4, 0.5) is 0 Å². The van der Waals surface area contributed by atoms with Crippen molar-refractivity contribution in [2.45, 2.75) is 354 Å². The van der Waals surface area contributed by atoms with E-state index in [1.165, 1.54) is 199 Å². The van der Waals surface area contributed by atoms with Gasteiger partial charge in [0.1, 0.15) is 13.2 Å². The topological polar surface area (TPSA) is 78.9 Å². The van der Waals surface area contributed by atoms with Crippen LogP contribution in [0.1, 0.15) is 348 Å². The van der Waals surface area contributed by atoms with Crippen LogP contribution >= 0.6 is 0 Å². The maximum absolute atomic E-state index is 12.9. The lowest BCUT2D eigenvalue weighted by Crippen LogP contribution is -2.30. The highest BCUT2D eigenvalue weighted by atomic mass is 16.6. The zero-order valence-corrected chi connectivity index (χ0v) is 53.1. The minimum absolute atomic E-state index is 0.0783. The van der Waals surface area contributed by atoms with Crippen LogP contribution in [0.25, 0.3) is 0 Å². The highest BCUT2D eigenvalue weighted by molar-refractivity contribution is 5.71. The SMILES string of the molecule is CC/C=C\C/C=C\C/C=C\C/C=C\CCCCCCCCC(=O)OC(COC(=O)CCCCCCCCCCCC)COC(=O)CCCCCCCCCCCCCCCCCCCC/C=C\C/C=C\C/C=C\CCCCCCC. The Kier molecular flexibility index (Phi) is 65.2. The van der Waals surface area contributed by atoms with E-state index in [-0.39, 0.29) is 31.1 Å².